The Balaban J connectivity index is 1.66. The average molecular weight is 314 g/mol. The second-order valence-electron chi connectivity index (χ2n) is 4.79. The first kappa shape index (κ1) is 13.8. The van der Waals surface area contributed by atoms with Crippen LogP contribution in [-0.4, -0.2) is 30.4 Å². The summed E-state index contributed by atoms with van der Waals surface area (Å²) in [5.74, 6) is 6.74. The Morgan fingerprint density at radius 3 is 2.54 bits per heavy atom. The molecule has 0 unspecified atom stereocenters. The van der Waals surface area contributed by atoms with Crippen molar-refractivity contribution in [2.45, 2.75) is 0 Å². The molecule has 0 amide bonds. The number of aromatic amines is 1. The number of rotatable bonds is 2. The largest absolute Gasteiger partial charge is 0.414 e. The van der Waals surface area contributed by atoms with E-state index >= 15 is 0 Å². The van der Waals surface area contributed by atoms with Crippen molar-refractivity contribution in [1.82, 2.24) is 30.4 Å². The summed E-state index contributed by atoms with van der Waals surface area (Å²) >= 11 is 0. The molecule has 7 heteroatoms. The standard InChI is InChI=1S/C17H10N6O/c1-3-12(9-18-7-1)5-6-13-11-20-21-15(13)17-23-22-16(24-17)14-4-2-8-19-10-14/h1-4,7-11H,(H,20,21). The first-order valence-corrected chi connectivity index (χ1v) is 7.10. The first-order chi connectivity index (χ1) is 11.9. The molecule has 0 atom stereocenters. The van der Waals surface area contributed by atoms with E-state index in [1.807, 2.05) is 18.2 Å². The highest BCUT2D eigenvalue weighted by Gasteiger charge is 2.15. The minimum absolute atomic E-state index is 0.297. The average Bonchev–Trinajstić information content (AvgIpc) is 3.31. The molecule has 0 bridgehead atoms. The predicted octanol–water partition coefficient (Wildman–Crippen LogP) is 2.32. The normalized spacial score (nSPS) is 10.2. The van der Waals surface area contributed by atoms with Gasteiger partial charge in [-0.3, -0.25) is 15.1 Å². The van der Waals surface area contributed by atoms with Gasteiger partial charge in [0.25, 0.3) is 5.89 Å². The van der Waals surface area contributed by atoms with Gasteiger partial charge in [0.15, 0.2) is 5.69 Å². The van der Waals surface area contributed by atoms with Crippen LogP contribution in [-0.2, 0) is 0 Å². The number of hydrogen-bond donors (Lipinski definition) is 1. The van der Waals surface area contributed by atoms with Crippen molar-refractivity contribution in [3.63, 3.8) is 0 Å². The van der Waals surface area contributed by atoms with Crippen LogP contribution in [0.15, 0.2) is 59.7 Å². The fourth-order valence-electron chi connectivity index (χ4n) is 2.05. The lowest BCUT2D eigenvalue weighted by molar-refractivity contribution is 0.581. The minimum atomic E-state index is 0.297. The summed E-state index contributed by atoms with van der Waals surface area (Å²) in [6.07, 6.45) is 8.42. The van der Waals surface area contributed by atoms with E-state index in [0.29, 0.717) is 23.0 Å². The summed E-state index contributed by atoms with van der Waals surface area (Å²) in [5, 5.41) is 15.0. The van der Waals surface area contributed by atoms with E-state index in [0.717, 1.165) is 11.1 Å². The highest BCUT2D eigenvalue weighted by molar-refractivity contribution is 5.61. The molecule has 4 heterocycles. The Morgan fingerprint density at radius 1 is 0.917 bits per heavy atom. The molecule has 7 nitrogen and oxygen atoms in total. The van der Waals surface area contributed by atoms with Crippen LogP contribution in [0.4, 0.5) is 0 Å². The number of H-pyrrole nitrogens is 1. The lowest BCUT2D eigenvalue weighted by Crippen LogP contribution is -1.82. The van der Waals surface area contributed by atoms with Crippen LogP contribution in [0.1, 0.15) is 11.1 Å². The van der Waals surface area contributed by atoms with Crippen molar-refractivity contribution in [1.29, 1.82) is 0 Å². The maximum absolute atomic E-state index is 5.68. The molecule has 4 rings (SSSR count). The highest BCUT2D eigenvalue weighted by atomic mass is 16.4. The van der Waals surface area contributed by atoms with Gasteiger partial charge < -0.3 is 4.42 Å². The van der Waals surface area contributed by atoms with Gasteiger partial charge >= 0.3 is 0 Å². The molecule has 114 valence electrons. The van der Waals surface area contributed by atoms with E-state index in [9.17, 15) is 0 Å². The monoisotopic (exact) mass is 314 g/mol. The summed E-state index contributed by atoms with van der Waals surface area (Å²) in [6.45, 7) is 0. The van der Waals surface area contributed by atoms with Crippen LogP contribution in [0.3, 0.4) is 0 Å². The van der Waals surface area contributed by atoms with Crippen LogP contribution in [0, 0.1) is 11.8 Å². The molecule has 0 spiro atoms. The van der Waals surface area contributed by atoms with Crippen molar-refractivity contribution < 1.29 is 4.42 Å². The fraction of sp³-hybridized carbons (Fsp3) is 0. The van der Waals surface area contributed by atoms with Gasteiger partial charge in [-0.15, -0.1) is 10.2 Å². The summed E-state index contributed by atoms with van der Waals surface area (Å²) in [4.78, 5) is 8.07. The van der Waals surface area contributed by atoms with E-state index in [-0.39, 0.29) is 0 Å². The summed E-state index contributed by atoms with van der Waals surface area (Å²) in [7, 11) is 0. The Labute approximate surface area is 136 Å². The molecule has 0 aromatic carbocycles. The van der Waals surface area contributed by atoms with E-state index < -0.39 is 0 Å². The van der Waals surface area contributed by atoms with Crippen LogP contribution in [0.2, 0.25) is 0 Å². The molecule has 1 N–H and O–H groups in total. The SMILES string of the molecule is C(#Cc1c[nH]nc1-c1nnc(-c2cccnc2)o1)c1cccnc1. The summed E-state index contributed by atoms with van der Waals surface area (Å²) in [6, 6.07) is 7.36. The fourth-order valence-corrected chi connectivity index (χ4v) is 2.05. The Bertz CT molecular complexity index is 1010. The number of pyridine rings is 2. The molecule has 4 aromatic rings. The van der Waals surface area contributed by atoms with Gasteiger partial charge in [0, 0.05) is 36.5 Å². The molecule has 0 aliphatic carbocycles. The molecular weight excluding hydrogens is 304 g/mol. The van der Waals surface area contributed by atoms with E-state index in [1.165, 1.54) is 0 Å². The molecule has 0 aliphatic rings. The van der Waals surface area contributed by atoms with Gasteiger partial charge in [0.2, 0.25) is 5.89 Å². The number of nitrogens with zero attached hydrogens (tertiary/aromatic N) is 5. The maximum atomic E-state index is 5.68. The van der Waals surface area contributed by atoms with Crippen LogP contribution in [0.5, 0.6) is 0 Å². The molecule has 4 aromatic heterocycles. The number of hydrogen-bond acceptors (Lipinski definition) is 6. The van der Waals surface area contributed by atoms with Gasteiger partial charge in [-0.25, -0.2) is 0 Å². The van der Waals surface area contributed by atoms with Crippen molar-refractivity contribution in [3.05, 3.63) is 66.4 Å². The molecule has 0 saturated carbocycles. The van der Waals surface area contributed by atoms with Crippen molar-refractivity contribution in [3.8, 4) is 34.9 Å². The lowest BCUT2D eigenvalue weighted by Gasteiger charge is -1.92. The van der Waals surface area contributed by atoms with Gasteiger partial charge in [-0.05, 0) is 24.3 Å². The van der Waals surface area contributed by atoms with Gasteiger partial charge in [-0.2, -0.15) is 5.10 Å². The summed E-state index contributed by atoms with van der Waals surface area (Å²) in [5.41, 5.74) is 2.73. The Morgan fingerprint density at radius 2 is 1.75 bits per heavy atom. The first-order valence-electron chi connectivity index (χ1n) is 7.10. The van der Waals surface area contributed by atoms with Crippen molar-refractivity contribution in [2.24, 2.45) is 0 Å². The second kappa shape index (κ2) is 6.14. The van der Waals surface area contributed by atoms with E-state index in [1.54, 1.807) is 37.1 Å². The Hall–Kier alpha value is -3.79. The maximum Gasteiger partial charge on any atom is 0.269 e. The van der Waals surface area contributed by atoms with Crippen LogP contribution >= 0.6 is 0 Å². The van der Waals surface area contributed by atoms with Gasteiger partial charge in [0.05, 0.1) is 11.1 Å². The molecule has 0 aliphatic heterocycles. The Kier molecular flexibility index (Phi) is 3.54. The number of aromatic nitrogens is 6. The zero-order valence-electron chi connectivity index (χ0n) is 12.3. The third-order valence-corrected chi connectivity index (χ3v) is 3.18. The lowest BCUT2D eigenvalue weighted by atomic mass is 10.2. The van der Waals surface area contributed by atoms with E-state index in [2.05, 4.69) is 42.2 Å². The van der Waals surface area contributed by atoms with Crippen LogP contribution < -0.4 is 0 Å². The quantitative estimate of drug-likeness (QED) is 0.571. The van der Waals surface area contributed by atoms with Crippen molar-refractivity contribution in [2.75, 3.05) is 0 Å². The predicted molar refractivity (Wildman–Crippen MR) is 85.3 cm³/mol. The van der Waals surface area contributed by atoms with E-state index in [4.69, 9.17) is 4.42 Å². The molecule has 0 radical (unpaired) electrons. The van der Waals surface area contributed by atoms with Crippen molar-refractivity contribution >= 4 is 0 Å². The molecule has 0 saturated heterocycles. The van der Waals surface area contributed by atoms with Crippen LogP contribution in [0.25, 0.3) is 23.0 Å². The molecular formula is C17H10N6O. The van der Waals surface area contributed by atoms with Gasteiger partial charge in [-0.1, -0.05) is 11.8 Å². The second-order valence-corrected chi connectivity index (χ2v) is 4.79. The third kappa shape index (κ3) is 2.76. The third-order valence-electron chi connectivity index (χ3n) is 3.18. The zero-order chi connectivity index (χ0) is 16.2. The molecule has 0 fully saturated rings. The van der Waals surface area contributed by atoms with Gasteiger partial charge in [0.1, 0.15) is 0 Å². The highest BCUT2D eigenvalue weighted by Crippen LogP contribution is 2.23. The molecule has 24 heavy (non-hydrogen) atoms. The zero-order valence-corrected chi connectivity index (χ0v) is 12.3. The number of nitrogens with one attached hydrogen (secondary N) is 1. The summed E-state index contributed by atoms with van der Waals surface area (Å²) < 4.78 is 5.68. The smallest absolute Gasteiger partial charge is 0.269 e. The minimum Gasteiger partial charge on any atom is -0.414 e. The topological polar surface area (TPSA) is 93.4 Å².